The Balaban J connectivity index is 1.39. The van der Waals surface area contributed by atoms with Crippen LogP contribution in [0.4, 0.5) is 5.95 Å². The second-order valence-corrected chi connectivity index (χ2v) is 5.57. The lowest BCUT2D eigenvalue weighted by molar-refractivity contribution is -0.0314. The topological polar surface area (TPSA) is 71.0 Å². The molecule has 0 amide bonds. The number of piperazine rings is 1. The van der Waals surface area contributed by atoms with Crippen molar-refractivity contribution in [3.05, 3.63) is 36.5 Å². The molecule has 2 aliphatic rings. The monoisotopic (exact) mass is 314 g/mol. The maximum atomic E-state index is 9.47. The van der Waals surface area contributed by atoms with Crippen molar-refractivity contribution in [2.45, 2.75) is 6.23 Å². The highest BCUT2D eigenvalue weighted by atomic mass is 16.6. The lowest BCUT2D eigenvalue weighted by atomic mass is 10.2. The van der Waals surface area contributed by atoms with Gasteiger partial charge in [0.2, 0.25) is 11.8 Å². The first-order chi connectivity index (χ1) is 11.3. The van der Waals surface area contributed by atoms with Crippen molar-refractivity contribution in [1.82, 2.24) is 14.9 Å². The second kappa shape index (κ2) is 5.92. The van der Waals surface area contributed by atoms with E-state index < -0.39 is 0 Å². The summed E-state index contributed by atoms with van der Waals surface area (Å²) in [5.74, 6) is 2.16. The Labute approximate surface area is 134 Å². The number of ether oxygens (including phenoxy) is 2. The molecule has 0 radical (unpaired) electrons. The molecular weight excluding hydrogens is 296 g/mol. The van der Waals surface area contributed by atoms with Gasteiger partial charge in [0.1, 0.15) is 6.61 Å². The average molecular weight is 314 g/mol. The molecule has 4 rings (SSSR count). The predicted octanol–water partition coefficient (Wildman–Crippen LogP) is 1.10. The van der Waals surface area contributed by atoms with E-state index in [0.717, 1.165) is 37.7 Å². The quantitative estimate of drug-likeness (QED) is 0.890. The van der Waals surface area contributed by atoms with Crippen molar-refractivity contribution in [2.75, 3.05) is 37.7 Å². The molecule has 120 valence electrons. The predicted molar refractivity (Wildman–Crippen MR) is 83.8 cm³/mol. The Bertz CT molecular complexity index is 689. The molecule has 0 bridgehead atoms. The van der Waals surface area contributed by atoms with Crippen molar-refractivity contribution < 1.29 is 14.6 Å². The molecule has 2 aromatic rings. The molecule has 1 aromatic heterocycles. The van der Waals surface area contributed by atoms with Gasteiger partial charge in [-0.3, -0.25) is 4.90 Å². The molecule has 7 nitrogen and oxygen atoms in total. The summed E-state index contributed by atoms with van der Waals surface area (Å²) in [6.45, 7) is 3.75. The summed E-state index contributed by atoms with van der Waals surface area (Å²) in [5.41, 5.74) is 0. The van der Waals surface area contributed by atoms with Crippen LogP contribution in [0.5, 0.6) is 17.4 Å². The highest BCUT2D eigenvalue weighted by Crippen LogP contribution is 2.32. The Morgan fingerprint density at radius 3 is 2.61 bits per heavy atom. The second-order valence-electron chi connectivity index (χ2n) is 5.57. The Morgan fingerprint density at radius 2 is 1.83 bits per heavy atom. The number of rotatable bonds is 2. The fourth-order valence-corrected chi connectivity index (χ4v) is 2.89. The van der Waals surface area contributed by atoms with E-state index in [2.05, 4.69) is 19.8 Å². The molecule has 7 heteroatoms. The zero-order valence-electron chi connectivity index (χ0n) is 12.6. The van der Waals surface area contributed by atoms with Gasteiger partial charge >= 0.3 is 0 Å². The fraction of sp³-hybridized carbons (Fsp3) is 0.375. The first-order valence-electron chi connectivity index (χ1n) is 7.69. The maximum absolute atomic E-state index is 9.47. The fourth-order valence-electron chi connectivity index (χ4n) is 2.89. The number of nitrogens with zero attached hydrogens (tertiary/aromatic N) is 4. The zero-order valence-corrected chi connectivity index (χ0v) is 12.6. The van der Waals surface area contributed by atoms with E-state index in [9.17, 15) is 5.11 Å². The molecule has 0 aliphatic carbocycles. The van der Waals surface area contributed by atoms with Crippen LogP contribution in [-0.4, -0.2) is 59.0 Å². The number of hydrogen-bond donors (Lipinski definition) is 1. The molecule has 1 unspecified atom stereocenters. The third-order valence-corrected chi connectivity index (χ3v) is 4.13. The molecule has 0 saturated carbocycles. The van der Waals surface area contributed by atoms with Crippen LogP contribution in [0.25, 0.3) is 0 Å². The van der Waals surface area contributed by atoms with Crippen LogP contribution in [0.15, 0.2) is 36.5 Å². The highest BCUT2D eigenvalue weighted by Gasteiger charge is 2.30. The van der Waals surface area contributed by atoms with Gasteiger partial charge in [-0.25, -0.2) is 4.98 Å². The molecular formula is C16H18N4O3. The molecule has 2 aliphatic heterocycles. The number of para-hydroxylation sites is 2. The summed E-state index contributed by atoms with van der Waals surface area (Å²) in [4.78, 5) is 12.6. The average Bonchev–Trinajstić information content (AvgIpc) is 2.61. The van der Waals surface area contributed by atoms with Crippen molar-refractivity contribution >= 4 is 5.95 Å². The number of aromatic hydroxyl groups is 1. The number of anilines is 1. The normalized spacial score (nSPS) is 21.2. The van der Waals surface area contributed by atoms with E-state index in [1.165, 1.54) is 6.07 Å². The lowest BCUT2D eigenvalue weighted by Crippen LogP contribution is -2.55. The summed E-state index contributed by atoms with van der Waals surface area (Å²) in [5, 5.41) is 9.47. The van der Waals surface area contributed by atoms with Crippen molar-refractivity contribution in [2.24, 2.45) is 0 Å². The van der Waals surface area contributed by atoms with Crippen LogP contribution < -0.4 is 14.4 Å². The van der Waals surface area contributed by atoms with Gasteiger partial charge in [0.25, 0.3) is 0 Å². The zero-order chi connectivity index (χ0) is 15.6. The summed E-state index contributed by atoms with van der Waals surface area (Å²) in [7, 11) is 0. The Hall–Kier alpha value is -2.54. The van der Waals surface area contributed by atoms with E-state index in [1.807, 2.05) is 24.3 Å². The van der Waals surface area contributed by atoms with E-state index in [0.29, 0.717) is 12.6 Å². The van der Waals surface area contributed by atoms with Gasteiger partial charge < -0.3 is 19.5 Å². The van der Waals surface area contributed by atoms with E-state index in [1.54, 1.807) is 6.20 Å². The van der Waals surface area contributed by atoms with Gasteiger partial charge in [-0.15, -0.1) is 0 Å². The number of hydrogen-bond acceptors (Lipinski definition) is 7. The summed E-state index contributed by atoms with van der Waals surface area (Å²) in [6, 6.07) is 9.21. The minimum atomic E-state index is -0.0721. The van der Waals surface area contributed by atoms with Gasteiger partial charge in [-0.1, -0.05) is 12.1 Å². The standard InChI is InChI=1S/C16H18N4O3/c21-14-5-6-17-16(18-14)20-9-7-19(8-10-20)15-11-22-12-3-1-2-4-13(12)23-15/h1-6,15H,7-11H2,(H,17,18,21). The van der Waals surface area contributed by atoms with Crippen LogP contribution in [0, 0.1) is 0 Å². The van der Waals surface area contributed by atoms with Gasteiger partial charge in [-0.2, -0.15) is 4.98 Å². The first kappa shape index (κ1) is 14.1. The minimum Gasteiger partial charge on any atom is -0.493 e. The van der Waals surface area contributed by atoms with Gasteiger partial charge in [0.15, 0.2) is 17.7 Å². The lowest BCUT2D eigenvalue weighted by Gasteiger charge is -2.40. The highest BCUT2D eigenvalue weighted by molar-refractivity contribution is 5.40. The smallest absolute Gasteiger partial charge is 0.228 e. The minimum absolute atomic E-state index is 0.00181. The molecule has 23 heavy (non-hydrogen) atoms. The van der Waals surface area contributed by atoms with Gasteiger partial charge in [0, 0.05) is 38.4 Å². The Kier molecular flexibility index (Phi) is 3.63. The van der Waals surface area contributed by atoms with Crippen molar-refractivity contribution in [1.29, 1.82) is 0 Å². The van der Waals surface area contributed by atoms with Gasteiger partial charge in [-0.05, 0) is 12.1 Å². The summed E-state index contributed by atoms with van der Waals surface area (Å²) < 4.78 is 11.8. The van der Waals surface area contributed by atoms with E-state index in [-0.39, 0.29) is 12.1 Å². The third-order valence-electron chi connectivity index (χ3n) is 4.13. The van der Waals surface area contributed by atoms with E-state index >= 15 is 0 Å². The molecule has 0 spiro atoms. The van der Waals surface area contributed by atoms with Crippen LogP contribution in [-0.2, 0) is 0 Å². The van der Waals surface area contributed by atoms with Crippen LogP contribution >= 0.6 is 0 Å². The third kappa shape index (κ3) is 2.87. The van der Waals surface area contributed by atoms with Crippen LogP contribution in [0.3, 0.4) is 0 Å². The molecule has 1 aromatic carbocycles. The molecule has 1 atom stereocenters. The number of aromatic nitrogens is 2. The summed E-state index contributed by atoms with van der Waals surface area (Å²) >= 11 is 0. The number of benzene rings is 1. The molecule has 1 fully saturated rings. The molecule has 1 saturated heterocycles. The molecule has 1 N–H and O–H groups in total. The largest absolute Gasteiger partial charge is 0.493 e. The van der Waals surface area contributed by atoms with E-state index in [4.69, 9.17) is 9.47 Å². The van der Waals surface area contributed by atoms with Gasteiger partial charge in [0.05, 0.1) is 0 Å². The summed E-state index contributed by atoms with van der Waals surface area (Å²) in [6.07, 6.45) is 1.50. The van der Waals surface area contributed by atoms with Crippen molar-refractivity contribution in [3.8, 4) is 17.4 Å². The first-order valence-corrected chi connectivity index (χ1v) is 7.69. The Morgan fingerprint density at radius 1 is 1.04 bits per heavy atom. The maximum Gasteiger partial charge on any atom is 0.228 e. The number of fused-ring (bicyclic) bond motifs is 1. The van der Waals surface area contributed by atoms with Crippen LogP contribution in [0.1, 0.15) is 0 Å². The van der Waals surface area contributed by atoms with Crippen LogP contribution in [0.2, 0.25) is 0 Å². The van der Waals surface area contributed by atoms with Crippen molar-refractivity contribution in [3.63, 3.8) is 0 Å². The SMILES string of the molecule is Oc1ccnc(N2CCN(C3COc4ccccc4O3)CC2)n1. The molecule has 3 heterocycles.